The Morgan fingerprint density at radius 1 is 1.59 bits per heavy atom. The van der Waals surface area contributed by atoms with Crippen LogP contribution >= 0.6 is 0 Å². The smallest absolute Gasteiger partial charge is 0.220 e. The Morgan fingerprint density at radius 2 is 2.35 bits per heavy atom. The zero-order valence-corrected chi connectivity index (χ0v) is 9.94. The molecule has 2 rings (SSSR count). The summed E-state index contributed by atoms with van der Waals surface area (Å²) in [4.78, 5) is 11.7. The Bertz CT molecular complexity index is 406. The highest BCUT2D eigenvalue weighted by atomic mass is 16.3. The van der Waals surface area contributed by atoms with E-state index in [1.54, 1.807) is 6.92 Å². The van der Waals surface area contributed by atoms with Crippen molar-refractivity contribution in [3.05, 3.63) is 29.8 Å². The molecule has 1 heterocycles. The van der Waals surface area contributed by atoms with Crippen LogP contribution in [0.4, 0.5) is 5.69 Å². The summed E-state index contributed by atoms with van der Waals surface area (Å²) in [6, 6.07) is 7.90. The molecule has 0 aromatic heterocycles. The van der Waals surface area contributed by atoms with Gasteiger partial charge in [0.15, 0.2) is 0 Å². The van der Waals surface area contributed by atoms with Crippen molar-refractivity contribution in [2.75, 3.05) is 18.5 Å². The van der Waals surface area contributed by atoms with Gasteiger partial charge in [-0.15, -0.1) is 0 Å². The van der Waals surface area contributed by atoms with Crippen LogP contribution in [-0.4, -0.2) is 30.2 Å². The van der Waals surface area contributed by atoms with Gasteiger partial charge in [0.25, 0.3) is 0 Å². The fourth-order valence-electron chi connectivity index (χ4n) is 2.14. The molecular weight excluding hydrogens is 216 g/mol. The van der Waals surface area contributed by atoms with Crippen molar-refractivity contribution in [1.82, 2.24) is 5.32 Å². The summed E-state index contributed by atoms with van der Waals surface area (Å²) in [6.07, 6.45) is 0.467. The highest BCUT2D eigenvalue weighted by Crippen LogP contribution is 2.32. The van der Waals surface area contributed by atoms with Crippen LogP contribution in [0.25, 0.3) is 0 Å². The van der Waals surface area contributed by atoms with Gasteiger partial charge in [-0.1, -0.05) is 18.2 Å². The number of rotatable bonds is 4. The van der Waals surface area contributed by atoms with Gasteiger partial charge in [-0.3, -0.25) is 4.79 Å². The summed E-state index contributed by atoms with van der Waals surface area (Å²) in [5, 5.41) is 14.9. The maximum atomic E-state index is 11.7. The van der Waals surface area contributed by atoms with E-state index < -0.39 is 0 Å². The van der Waals surface area contributed by atoms with Crippen LogP contribution < -0.4 is 10.6 Å². The molecule has 0 fully saturated rings. The molecule has 0 saturated heterocycles. The standard InChI is InChI=1S/C13H18N2O2/c1-9(8-16)15-13(17)6-10-7-14-12-5-3-2-4-11(10)12/h2-5,9-10,14,16H,6-8H2,1H3,(H,15,17)/t9-,10?/m0/s1. The number of hydrogen-bond donors (Lipinski definition) is 3. The average molecular weight is 234 g/mol. The normalized spacial score (nSPS) is 19.3. The minimum absolute atomic E-state index is 0.00458. The highest BCUT2D eigenvalue weighted by Gasteiger charge is 2.24. The number of amides is 1. The topological polar surface area (TPSA) is 61.4 Å². The SMILES string of the molecule is C[C@@H](CO)NC(=O)CC1CNc2ccccc21. The van der Waals surface area contributed by atoms with E-state index in [2.05, 4.69) is 16.7 Å². The zero-order chi connectivity index (χ0) is 12.3. The van der Waals surface area contributed by atoms with Crippen molar-refractivity contribution in [3.63, 3.8) is 0 Å². The number of aliphatic hydroxyl groups excluding tert-OH is 1. The van der Waals surface area contributed by atoms with Crippen molar-refractivity contribution in [2.45, 2.75) is 25.3 Å². The summed E-state index contributed by atoms with van der Waals surface area (Å²) >= 11 is 0. The van der Waals surface area contributed by atoms with Crippen LogP contribution in [0.15, 0.2) is 24.3 Å². The van der Waals surface area contributed by atoms with Gasteiger partial charge < -0.3 is 15.7 Å². The molecule has 1 aliphatic heterocycles. The average Bonchev–Trinajstić information content (AvgIpc) is 2.72. The minimum Gasteiger partial charge on any atom is -0.394 e. The third kappa shape index (κ3) is 2.77. The molecule has 2 atom stereocenters. The predicted octanol–water partition coefficient (Wildman–Crippen LogP) is 1.08. The molecule has 0 bridgehead atoms. The van der Waals surface area contributed by atoms with Crippen LogP contribution in [0.5, 0.6) is 0 Å². The van der Waals surface area contributed by atoms with Crippen molar-refractivity contribution in [1.29, 1.82) is 0 Å². The van der Waals surface area contributed by atoms with Crippen molar-refractivity contribution >= 4 is 11.6 Å². The van der Waals surface area contributed by atoms with Gasteiger partial charge in [-0.05, 0) is 18.6 Å². The molecule has 1 aromatic carbocycles. The third-order valence-corrected chi connectivity index (χ3v) is 3.05. The summed E-state index contributed by atoms with van der Waals surface area (Å²) in [6.45, 7) is 2.57. The monoisotopic (exact) mass is 234 g/mol. The molecule has 1 aliphatic rings. The van der Waals surface area contributed by atoms with E-state index in [0.717, 1.165) is 12.2 Å². The molecule has 1 aromatic rings. The van der Waals surface area contributed by atoms with Crippen LogP contribution in [0.1, 0.15) is 24.8 Å². The lowest BCUT2D eigenvalue weighted by Gasteiger charge is -2.13. The molecular formula is C13H18N2O2. The molecule has 0 radical (unpaired) electrons. The second-order valence-corrected chi connectivity index (χ2v) is 4.52. The van der Waals surface area contributed by atoms with E-state index in [4.69, 9.17) is 5.11 Å². The maximum Gasteiger partial charge on any atom is 0.220 e. The number of carbonyl (C=O) groups is 1. The minimum atomic E-state index is -0.174. The second kappa shape index (κ2) is 5.19. The van der Waals surface area contributed by atoms with E-state index in [-0.39, 0.29) is 24.5 Å². The number of carbonyl (C=O) groups excluding carboxylic acids is 1. The lowest BCUT2D eigenvalue weighted by atomic mass is 9.97. The van der Waals surface area contributed by atoms with Crippen molar-refractivity contribution in [3.8, 4) is 0 Å². The Balaban J connectivity index is 1.95. The molecule has 17 heavy (non-hydrogen) atoms. The Morgan fingerprint density at radius 3 is 3.12 bits per heavy atom. The molecule has 3 N–H and O–H groups in total. The van der Waals surface area contributed by atoms with Crippen LogP contribution in [0, 0.1) is 0 Å². The second-order valence-electron chi connectivity index (χ2n) is 4.52. The van der Waals surface area contributed by atoms with Gasteiger partial charge in [0.1, 0.15) is 0 Å². The summed E-state index contributed by atoms with van der Waals surface area (Å²) in [5.41, 5.74) is 2.33. The molecule has 4 nitrogen and oxygen atoms in total. The van der Waals surface area contributed by atoms with Gasteiger partial charge in [0.2, 0.25) is 5.91 Å². The van der Waals surface area contributed by atoms with Crippen LogP contribution in [0.3, 0.4) is 0 Å². The number of nitrogens with one attached hydrogen (secondary N) is 2. The number of fused-ring (bicyclic) bond motifs is 1. The van der Waals surface area contributed by atoms with Crippen LogP contribution in [-0.2, 0) is 4.79 Å². The first-order valence-electron chi connectivity index (χ1n) is 5.93. The highest BCUT2D eigenvalue weighted by molar-refractivity contribution is 5.78. The van der Waals surface area contributed by atoms with Crippen molar-refractivity contribution < 1.29 is 9.90 Å². The maximum absolute atomic E-state index is 11.7. The summed E-state index contributed by atoms with van der Waals surface area (Å²) in [5.74, 6) is 0.229. The zero-order valence-electron chi connectivity index (χ0n) is 9.94. The first-order valence-corrected chi connectivity index (χ1v) is 5.93. The van der Waals surface area contributed by atoms with E-state index in [0.29, 0.717) is 6.42 Å². The van der Waals surface area contributed by atoms with Crippen molar-refractivity contribution in [2.24, 2.45) is 0 Å². The lowest BCUT2D eigenvalue weighted by molar-refractivity contribution is -0.122. The van der Waals surface area contributed by atoms with E-state index >= 15 is 0 Å². The van der Waals surface area contributed by atoms with Crippen LogP contribution in [0.2, 0.25) is 0 Å². The number of anilines is 1. The van der Waals surface area contributed by atoms with Gasteiger partial charge in [0, 0.05) is 30.6 Å². The molecule has 0 saturated carbocycles. The molecule has 1 unspecified atom stereocenters. The van der Waals surface area contributed by atoms with E-state index in [9.17, 15) is 4.79 Å². The van der Waals surface area contributed by atoms with Gasteiger partial charge >= 0.3 is 0 Å². The van der Waals surface area contributed by atoms with Gasteiger partial charge in [0.05, 0.1) is 6.61 Å². The van der Waals surface area contributed by atoms with E-state index in [1.807, 2.05) is 18.2 Å². The molecule has 92 valence electrons. The number of hydrogen-bond acceptors (Lipinski definition) is 3. The number of para-hydroxylation sites is 1. The number of aliphatic hydroxyl groups is 1. The Hall–Kier alpha value is -1.55. The lowest BCUT2D eigenvalue weighted by Crippen LogP contribution is -2.35. The predicted molar refractivity (Wildman–Crippen MR) is 67.0 cm³/mol. The summed E-state index contributed by atoms with van der Waals surface area (Å²) < 4.78 is 0. The molecule has 1 amide bonds. The quantitative estimate of drug-likeness (QED) is 0.730. The first kappa shape index (κ1) is 11.9. The number of benzene rings is 1. The summed E-state index contributed by atoms with van der Waals surface area (Å²) in [7, 11) is 0. The Labute approximate surface area is 101 Å². The molecule has 0 aliphatic carbocycles. The van der Waals surface area contributed by atoms with Gasteiger partial charge in [-0.25, -0.2) is 0 Å². The largest absolute Gasteiger partial charge is 0.394 e. The fraction of sp³-hybridized carbons (Fsp3) is 0.462. The first-order chi connectivity index (χ1) is 8.20. The molecule has 4 heteroatoms. The van der Waals surface area contributed by atoms with E-state index in [1.165, 1.54) is 5.56 Å². The fourth-order valence-corrected chi connectivity index (χ4v) is 2.14. The third-order valence-electron chi connectivity index (χ3n) is 3.05. The molecule has 0 spiro atoms. The van der Waals surface area contributed by atoms with Gasteiger partial charge in [-0.2, -0.15) is 0 Å². The Kier molecular flexibility index (Phi) is 3.64.